The Morgan fingerprint density at radius 3 is 2.67 bits per heavy atom. The minimum absolute atomic E-state index is 0.127. The van der Waals surface area contributed by atoms with E-state index in [-0.39, 0.29) is 25.9 Å². The number of primary sulfonamides is 1. The van der Waals surface area contributed by atoms with Gasteiger partial charge in [0.1, 0.15) is 0 Å². The van der Waals surface area contributed by atoms with Crippen LogP contribution in [0.5, 0.6) is 0 Å². The molecule has 3 N–H and O–H groups in total. The van der Waals surface area contributed by atoms with Crippen LogP contribution in [-0.4, -0.2) is 20.9 Å². The lowest BCUT2D eigenvalue weighted by molar-refractivity contribution is 0.0946. The Morgan fingerprint density at radius 1 is 1.52 bits per heavy atom. The maximum Gasteiger partial charge on any atom is 0.251 e. The highest BCUT2D eigenvalue weighted by Crippen LogP contribution is 2.36. The molecule has 0 radical (unpaired) electrons. The average Bonchev–Trinajstić information content (AvgIpc) is 3.21. The van der Waals surface area contributed by atoms with Crippen LogP contribution in [0.1, 0.15) is 30.1 Å². The van der Waals surface area contributed by atoms with Gasteiger partial charge in [-0.1, -0.05) is 18.5 Å². The molecule has 0 bridgehead atoms. The maximum absolute atomic E-state index is 12.1. The van der Waals surface area contributed by atoms with E-state index in [1.165, 1.54) is 25.0 Å². The lowest BCUT2D eigenvalue weighted by Gasteiger charge is -2.12. The van der Waals surface area contributed by atoms with Crippen LogP contribution >= 0.6 is 27.5 Å². The van der Waals surface area contributed by atoms with Gasteiger partial charge < -0.3 is 5.32 Å². The number of halogens is 2. The fourth-order valence-corrected chi connectivity index (χ4v) is 3.92. The fourth-order valence-electron chi connectivity index (χ4n) is 2.09. The first kappa shape index (κ1) is 16.7. The largest absolute Gasteiger partial charge is 0.352 e. The van der Waals surface area contributed by atoms with Gasteiger partial charge in [-0.25, -0.2) is 13.6 Å². The summed E-state index contributed by atoms with van der Waals surface area (Å²) in [6.45, 7) is 2.64. The molecule has 0 aliphatic heterocycles. The van der Waals surface area contributed by atoms with Crippen molar-refractivity contribution in [3.05, 3.63) is 27.2 Å². The fraction of sp³-hybridized carbons (Fsp3) is 0.462. The molecule has 1 unspecified atom stereocenters. The third kappa shape index (κ3) is 4.18. The molecule has 0 spiro atoms. The zero-order chi connectivity index (χ0) is 15.8. The number of hydrogen-bond acceptors (Lipinski definition) is 3. The highest BCUT2D eigenvalue weighted by molar-refractivity contribution is 9.10. The molecular formula is C13H16BrClN2O3S. The summed E-state index contributed by atoms with van der Waals surface area (Å²) < 4.78 is 23.2. The van der Waals surface area contributed by atoms with Crippen LogP contribution in [0.3, 0.4) is 0 Å². The highest BCUT2D eigenvalue weighted by atomic mass is 79.9. The van der Waals surface area contributed by atoms with Crippen molar-refractivity contribution in [1.29, 1.82) is 0 Å². The van der Waals surface area contributed by atoms with E-state index in [4.69, 9.17) is 16.7 Å². The standard InChI is InChI=1S/C13H16BrClN2O3S/c1-7(8-2-3-8)6-17-13(18)9-4-10(15)12(14)11(5-9)21(16,19)20/h4-5,7-8H,2-3,6H2,1H3,(H,17,18)(H2,16,19,20). The summed E-state index contributed by atoms with van der Waals surface area (Å²) >= 11 is 9.01. The van der Waals surface area contributed by atoms with Crippen molar-refractivity contribution in [2.45, 2.75) is 24.7 Å². The first-order chi connectivity index (χ1) is 9.70. The van der Waals surface area contributed by atoms with Gasteiger partial charge in [0, 0.05) is 12.1 Å². The Bertz CT molecular complexity index is 674. The number of hydrogen-bond donors (Lipinski definition) is 2. The van der Waals surface area contributed by atoms with Crippen LogP contribution < -0.4 is 10.5 Å². The van der Waals surface area contributed by atoms with E-state index in [0.29, 0.717) is 18.4 Å². The van der Waals surface area contributed by atoms with E-state index in [1.54, 1.807) is 0 Å². The van der Waals surface area contributed by atoms with Crippen LogP contribution in [0.4, 0.5) is 0 Å². The zero-order valence-corrected chi connectivity index (χ0v) is 14.6. The first-order valence-electron chi connectivity index (χ1n) is 6.50. The minimum atomic E-state index is -3.96. The van der Waals surface area contributed by atoms with E-state index >= 15 is 0 Å². The molecule has 1 aromatic carbocycles. The number of amides is 1. The lowest BCUT2D eigenvalue weighted by atomic mass is 10.1. The van der Waals surface area contributed by atoms with E-state index in [0.717, 1.165) is 0 Å². The van der Waals surface area contributed by atoms with Gasteiger partial charge in [0.15, 0.2) is 0 Å². The van der Waals surface area contributed by atoms with Crippen LogP contribution in [-0.2, 0) is 10.0 Å². The molecule has 1 atom stereocenters. The van der Waals surface area contributed by atoms with Gasteiger partial charge in [0.25, 0.3) is 5.91 Å². The Morgan fingerprint density at radius 2 is 2.14 bits per heavy atom. The molecule has 1 saturated carbocycles. The maximum atomic E-state index is 12.1. The molecular weight excluding hydrogens is 380 g/mol. The summed E-state index contributed by atoms with van der Waals surface area (Å²) in [4.78, 5) is 11.9. The van der Waals surface area contributed by atoms with Crippen LogP contribution in [0.25, 0.3) is 0 Å². The minimum Gasteiger partial charge on any atom is -0.352 e. The third-order valence-electron chi connectivity index (χ3n) is 3.57. The molecule has 1 aromatic rings. The van der Waals surface area contributed by atoms with Crippen molar-refractivity contribution in [1.82, 2.24) is 5.32 Å². The number of carbonyl (C=O) groups is 1. The highest BCUT2D eigenvalue weighted by Gasteiger charge is 2.28. The second kappa shape index (κ2) is 6.24. The van der Waals surface area contributed by atoms with Crippen molar-refractivity contribution >= 4 is 43.5 Å². The number of sulfonamides is 1. The SMILES string of the molecule is CC(CNC(=O)c1cc(Cl)c(Br)c(S(N)(=O)=O)c1)C1CC1. The number of nitrogens with one attached hydrogen (secondary N) is 1. The molecule has 21 heavy (non-hydrogen) atoms. The molecule has 1 aliphatic carbocycles. The van der Waals surface area contributed by atoms with Crippen molar-refractivity contribution in [3.63, 3.8) is 0 Å². The zero-order valence-electron chi connectivity index (χ0n) is 11.4. The summed E-state index contributed by atoms with van der Waals surface area (Å²) in [7, 11) is -3.96. The molecule has 0 aromatic heterocycles. The Hall–Kier alpha value is -0.630. The molecule has 116 valence electrons. The number of benzene rings is 1. The quantitative estimate of drug-likeness (QED) is 0.803. The molecule has 0 heterocycles. The van der Waals surface area contributed by atoms with Gasteiger partial charge in [-0.3, -0.25) is 4.79 Å². The predicted octanol–water partition coefficient (Wildman–Crippen LogP) is 2.53. The average molecular weight is 396 g/mol. The second-order valence-electron chi connectivity index (χ2n) is 5.34. The lowest BCUT2D eigenvalue weighted by Crippen LogP contribution is -2.29. The molecule has 1 aliphatic rings. The van der Waals surface area contributed by atoms with Gasteiger partial charge in [-0.15, -0.1) is 0 Å². The van der Waals surface area contributed by atoms with Gasteiger partial charge in [0.2, 0.25) is 10.0 Å². The monoisotopic (exact) mass is 394 g/mol. The van der Waals surface area contributed by atoms with Crippen LogP contribution in [0.15, 0.2) is 21.5 Å². The van der Waals surface area contributed by atoms with E-state index in [1.807, 2.05) is 0 Å². The first-order valence-corrected chi connectivity index (χ1v) is 9.22. The van der Waals surface area contributed by atoms with Crippen LogP contribution in [0.2, 0.25) is 5.02 Å². The van der Waals surface area contributed by atoms with Crippen LogP contribution in [0, 0.1) is 11.8 Å². The van der Waals surface area contributed by atoms with Crippen molar-refractivity contribution in [2.75, 3.05) is 6.54 Å². The van der Waals surface area contributed by atoms with Gasteiger partial charge in [-0.2, -0.15) is 0 Å². The Labute approximate surface area is 137 Å². The molecule has 1 fully saturated rings. The second-order valence-corrected chi connectivity index (χ2v) is 8.07. The molecule has 8 heteroatoms. The van der Waals surface area contributed by atoms with Gasteiger partial charge in [0.05, 0.1) is 14.4 Å². The van der Waals surface area contributed by atoms with E-state index in [9.17, 15) is 13.2 Å². The molecule has 5 nitrogen and oxygen atoms in total. The number of carbonyl (C=O) groups excluding carboxylic acids is 1. The van der Waals surface area contributed by atoms with Crippen molar-refractivity contribution in [3.8, 4) is 0 Å². The number of nitrogens with two attached hydrogens (primary N) is 1. The third-order valence-corrected chi connectivity index (χ3v) is 6.15. The van der Waals surface area contributed by atoms with E-state index < -0.39 is 10.0 Å². The summed E-state index contributed by atoms with van der Waals surface area (Å²) in [6, 6.07) is 2.64. The van der Waals surface area contributed by atoms with Crippen molar-refractivity contribution < 1.29 is 13.2 Å². The van der Waals surface area contributed by atoms with Crippen molar-refractivity contribution in [2.24, 2.45) is 17.0 Å². The van der Waals surface area contributed by atoms with Gasteiger partial charge in [-0.05, 0) is 52.7 Å². The summed E-state index contributed by atoms with van der Waals surface area (Å²) in [5.74, 6) is 0.734. The topological polar surface area (TPSA) is 89.3 Å². The summed E-state index contributed by atoms with van der Waals surface area (Å²) in [6.07, 6.45) is 2.41. The summed E-state index contributed by atoms with van der Waals surface area (Å²) in [5.41, 5.74) is 0.176. The number of rotatable bonds is 5. The van der Waals surface area contributed by atoms with Gasteiger partial charge >= 0.3 is 0 Å². The smallest absolute Gasteiger partial charge is 0.251 e. The molecule has 2 rings (SSSR count). The summed E-state index contributed by atoms with van der Waals surface area (Å²) in [5, 5.41) is 8.04. The van der Waals surface area contributed by atoms with E-state index in [2.05, 4.69) is 28.2 Å². The predicted molar refractivity (Wildman–Crippen MR) is 84.7 cm³/mol. The molecule has 1 amide bonds. The normalized spacial score (nSPS) is 16.6. The Balaban J connectivity index is 2.19. The molecule has 0 saturated heterocycles. The Kier molecular flexibility index (Phi) is 4.97.